The van der Waals surface area contributed by atoms with Crippen LogP contribution in [0.15, 0.2) is 40.8 Å². The second-order valence-electron chi connectivity index (χ2n) is 6.96. The molecule has 0 aliphatic carbocycles. The maximum absolute atomic E-state index is 12.8. The van der Waals surface area contributed by atoms with Gasteiger partial charge in [-0.2, -0.15) is 5.26 Å². The van der Waals surface area contributed by atoms with Crippen LogP contribution >= 0.6 is 0 Å². The van der Waals surface area contributed by atoms with Gasteiger partial charge in [0.15, 0.2) is 5.65 Å². The van der Waals surface area contributed by atoms with Crippen molar-refractivity contribution in [2.75, 3.05) is 18.0 Å². The Labute approximate surface area is 166 Å². The number of rotatable bonds is 3. The molecular weight excluding hydrogens is 370 g/mol. The third-order valence-corrected chi connectivity index (χ3v) is 5.28. The van der Waals surface area contributed by atoms with Crippen LogP contribution in [0.4, 0.5) is 5.95 Å². The molecule has 0 bridgehead atoms. The van der Waals surface area contributed by atoms with Crippen LogP contribution in [-0.4, -0.2) is 37.2 Å². The fourth-order valence-electron chi connectivity index (χ4n) is 3.66. The second-order valence-corrected chi connectivity index (χ2v) is 6.96. The molecule has 9 heteroatoms. The molecule has 0 atom stereocenters. The van der Waals surface area contributed by atoms with Crippen LogP contribution in [0.3, 0.4) is 0 Å². The predicted molar refractivity (Wildman–Crippen MR) is 109 cm³/mol. The lowest BCUT2D eigenvalue weighted by molar-refractivity contribution is 0.389. The quantitative estimate of drug-likeness (QED) is 0.620. The number of anilines is 1. The molecule has 1 aliphatic heterocycles. The molecule has 0 N–H and O–H groups in total. The van der Waals surface area contributed by atoms with E-state index < -0.39 is 11.1 Å². The Morgan fingerprint density at radius 1 is 1.14 bits per heavy atom. The predicted octanol–water partition coefficient (Wildman–Crippen LogP) is 1.24. The van der Waals surface area contributed by atoms with Gasteiger partial charge in [-0.25, -0.2) is 15.0 Å². The number of hydrogen-bond donors (Lipinski definition) is 0. The van der Waals surface area contributed by atoms with Crippen molar-refractivity contribution < 1.29 is 0 Å². The minimum atomic E-state index is -0.571. The van der Waals surface area contributed by atoms with Crippen LogP contribution in [-0.2, 0) is 7.05 Å². The summed E-state index contributed by atoms with van der Waals surface area (Å²) >= 11 is 0. The number of nitriles is 1. The molecule has 3 aromatic rings. The fraction of sp³-hybridized carbons (Fsp3) is 0.300. The van der Waals surface area contributed by atoms with Gasteiger partial charge in [-0.05, 0) is 24.5 Å². The summed E-state index contributed by atoms with van der Waals surface area (Å²) in [4.78, 5) is 40.2. The molecule has 1 aliphatic rings. The molecule has 4 rings (SSSR count). The van der Waals surface area contributed by atoms with E-state index in [4.69, 9.17) is 5.26 Å². The molecule has 1 saturated heterocycles. The van der Waals surface area contributed by atoms with E-state index >= 15 is 0 Å². The van der Waals surface area contributed by atoms with Gasteiger partial charge in [0.05, 0.1) is 23.5 Å². The van der Waals surface area contributed by atoms with E-state index in [1.54, 1.807) is 19.3 Å². The molecule has 0 unspecified atom stereocenters. The maximum Gasteiger partial charge on any atom is 0.318 e. The normalized spacial score (nSPS) is 14.7. The number of piperidine rings is 1. The van der Waals surface area contributed by atoms with E-state index in [0.717, 1.165) is 5.56 Å². The summed E-state index contributed by atoms with van der Waals surface area (Å²) in [6, 6.07) is 3.67. The van der Waals surface area contributed by atoms with E-state index in [-0.39, 0.29) is 6.04 Å². The lowest BCUT2D eigenvalue weighted by atomic mass is 10.0. The van der Waals surface area contributed by atoms with E-state index in [0.29, 0.717) is 48.6 Å². The summed E-state index contributed by atoms with van der Waals surface area (Å²) in [5.41, 5.74) is 1.16. The number of fused-ring (bicyclic) bond motifs is 1. The minimum Gasteiger partial charge on any atom is -0.341 e. The highest BCUT2D eigenvalue weighted by atomic mass is 16.2. The molecule has 0 saturated carbocycles. The lowest BCUT2D eigenvalue weighted by Crippen LogP contribution is -2.45. The molecule has 0 spiro atoms. The highest BCUT2D eigenvalue weighted by Crippen LogP contribution is 2.25. The summed E-state index contributed by atoms with van der Waals surface area (Å²) < 4.78 is 2.87. The van der Waals surface area contributed by atoms with Gasteiger partial charge in [0.2, 0.25) is 5.95 Å². The minimum absolute atomic E-state index is 0.143. The summed E-state index contributed by atoms with van der Waals surface area (Å²) in [7, 11) is 1.58. The van der Waals surface area contributed by atoms with Gasteiger partial charge in [-0.1, -0.05) is 12.7 Å². The first-order chi connectivity index (χ1) is 14.0. The molecule has 3 aromatic heterocycles. The molecular formula is C20H19N7O2. The largest absolute Gasteiger partial charge is 0.341 e. The summed E-state index contributed by atoms with van der Waals surface area (Å²) in [6.07, 6.45) is 7.59. The van der Waals surface area contributed by atoms with Crippen molar-refractivity contribution in [3.63, 3.8) is 0 Å². The average Bonchev–Trinajstić information content (AvgIpc) is 2.78. The third kappa shape index (κ3) is 3.18. The number of hydrogen-bond acceptors (Lipinski definition) is 7. The second kappa shape index (κ2) is 7.31. The van der Waals surface area contributed by atoms with Gasteiger partial charge in [0, 0.05) is 32.4 Å². The van der Waals surface area contributed by atoms with Crippen molar-refractivity contribution in [1.82, 2.24) is 24.1 Å². The first-order valence-electron chi connectivity index (χ1n) is 9.24. The Hall–Kier alpha value is -3.80. The van der Waals surface area contributed by atoms with Crippen LogP contribution in [0, 0.1) is 11.3 Å². The van der Waals surface area contributed by atoms with Gasteiger partial charge in [0.25, 0.3) is 0 Å². The lowest BCUT2D eigenvalue weighted by Gasteiger charge is -2.33. The molecule has 29 heavy (non-hydrogen) atoms. The monoisotopic (exact) mass is 389 g/mol. The SMILES string of the molecule is C=Cc1cnc2c(c1)n(C)c(=O)c(=O)n2C1CCN(c2ncc(C#N)cn2)CC1. The van der Waals surface area contributed by atoms with Gasteiger partial charge >= 0.3 is 11.1 Å². The molecule has 4 heterocycles. The van der Waals surface area contributed by atoms with E-state index in [1.165, 1.54) is 21.5 Å². The van der Waals surface area contributed by atoms with Crippen LogP contribution < -0.4 is 16.0 Å². The topological polar surface area (TPSA) is 110 Å². The molecule has 0 radical (unpaired) electrons. The summed E-state index contributed by atoms with van der Waals surface area (Å²) in [5, 5.41) is 8.87. The maximum atomic E-state index is 12.8. The average molecular weight is 389 g/mol. The van der Waals surface area contributed by atoms with E-state index in [2.05, 4.69) is 21.5 Å². The molecule has 0 aromatic carbocycles. The Bertz CT molecular complexity index is 1240. The van der Waals surface area contributed by atoms with Crippen molar-refractivity contribution in [2.24, 2.45) is 7.05 Å². The highest BCUT2D eigenvalue weighted by Gasteiger charge is 2.26. The zero-order chi connectivity index (χ0) is 20.5. The van der Waals surface area contributed by atoms with Gasteiger partial charge in [-0.3, -0.25) is 14.2 Å². The van der Waals surface area contributed by atoms with Crippen LogP contribution in [0.1, 0.15) is 30.0 Å². The van der Waals surface area contributed by atoms with Crippen LogP contribution in [0.2, 0.25) is 0 Å². The standard InChI is InChI=1S/C20H19N7O2/c1-3-13-8-16-17(22-10-13)27(19(29)18(28)25(16)2)15-4-6-26(7-5-15)20-23-11-14(9-21)12-24-20/h3,8,10-12,15H,1,4-7H2,2H3. The van der Waals surface area contributed by atoms with Crippen LogP contribution in [0.5, 0.6) is 0 Å². The van der Waals surface area contributed by atoms with E-state index in [1.807, 2.05) is 17.0 Å². The Kier molecular flexibility index (Phi) is 4.68. The first-order valence-corrected chi connectivity index (χ1v) is 9.24. The highest BCUT2D eigenvalue weighted by molar-refractivity contribution is 5.74. The molecule has 0 amide bonds. The van der Waals surface area contributed by atoms with Crippen molar-refractivity contribution in [2.45, 2.75) is 18.9 Å². The smallest absolute Gasteiger partial charge is 0.318 e. The van der Waals surface area contributed by atoms with Crippen molar-refractivity contribution in [3.8, 4) is 6.07 Å². The summed E-state index contributed by atoms with van der Waals surface area (Å²) in [5.74, 6) is 0.553. The summed E-state index contributed by atoms with van der Waals surface area (Å²) in [6.45, 7) is 5.00. The van der Waals surface area contributed by atoms with Gasteiger partial charge in [-0.15, -0.1) is 0 Å². The molecule has 9 nitrogen and oxygen atoms in total. The zero-order valence-corrected chi connectivity index (χ0v) is 15.9. The Balaban J connectivity index is 1.67. The van der Waals surface area contributed by atoms with Crippen molar-refractivity contribution in [3.05, 3.63) is 63.1 Å². The van der Waals surface area contributed by atoms with Crippen molar-refractivity contribution >= 4 is 23.2 Å². The Morgan fingerprint density at radius 2 is 1.83 bits per heavy atom. The van der Waals surface area contributed by atoms with Gasteiger partial charge < -0.3 is 9.47 Å². The Morgan fingerprint density at radius 3 is 2.45 bits per heavy atom. The number of pyridine rings is 1. The fourth-order valence-corrected chi connectivity index (χ4v) is 3.66. The third-order valence-electron chi connectivity index (χ3n) is 5.28. The number of aryl methyl sites for hydroxylation is 1. The molecule has 1 fully saturated rings. The van der Waals surface area contributed by atoms with E-state index in [9.17, 15) is 9.59 Å². The van der Waals surface area contributed by atoms with Gasteiger partial charge in [0.1, 0.15) is 6.07 Å². The number of aromatic nitrogens is 5. The van der Waals surface area contributed by atoms with Crippen molar-refractivity contribution in [1.29, 1.82) is 5.26 Å². The van der Waals surface area contributed by atoms with Crippen LogP contribution in [0.25, 0.3) is 17.2 Å². The first kappa shape index (κ1) is 18.6. The number of nitrogens with zero attached hydrogens (tertiary/aromatic N) is 7. The zero-order valence-electron chi connectivity index (χ0n) is 15.9. The molecule has 146 valence electrons.